The van der Waals surface area contributed by atoms with Crippen LogP contribution in [0.15, 0.2) is 42.8 Å². The van der Waals surface area contributed by atoms with Gasteiger partial charge in [0.25, 0.3) is 0 Å². The Hall–Kier alpha value is -0.210. The summed E-state index contributed by atoms with van der Waals surface area (Å²) in [7, 11) is -3.45. The molecule has 106 valence electrons. The molecule has 2 aromatic rings. The normalized spacial score (nSPS) is 15.5. The molecule has 1 heterocycles. The standard InChI is InChI=1S/C13H11Br2NO2S2/c14-11-7-12(19-13(11)15)20(17,18)16-10-5-8-3-1-2-4-9(8)6-10/h1-4,7,10,16H,5-6H2. The Morgan fingerprint density at radius 3 is 2.25 bits per heavy atom. The van der Waals surface area contributed by atoms with Crippen LogP contribution >= 0.6 is 43.2 Å². The molecule has 0 atom stereocenters. The van der Waals surface area contributed by atoms with E-state index in [0.29, 0.717) is 4.21 Å². The second kappa shape index (κ2) is 5.53. The third kappa shape index (κ3) is 2.87. The predicted octanol–water partition coefficient (Wildman–Crippen LogP) is 3.72. The summed E-state index contributed by atoms with van der Waals surface area (Å²) in [6.07, 6.45) is 1.51. The molecule has 0 spiro atoms. The molecule has 1 aromatic carbocycles. The van der Waals surface area contributed by atoms with E-state index >= 15 is 0 Å². The Morgan fingerprint density at radius 2 is 1.75 bits per heavy atom. The van der Waals surface area contributed by atoms with Crippen molar-refractivity contribution in [3.8, 4) is 0 Å². The number of hydrogen-bond acceptors (Lipinski definition) is 3. The number of sulfonamides is 1. The first-order valence-corrected chi connectivity index (χ1v) is 9.88. The topological polar surface area (TPSA) is 46.2 Å². The molecule has 0 saturated heterocycles. The molecule has 0 unspecified atom stereocenters. The fourth-order valence-electron chi connectivity index (χ4n) is 2.38. The van der Waals surface area contributed by atoms with Gasteiger partial charge in [0.05, 0.1) is 3.79 Å². The fourth-order valence-corrected chi connectivity index (χ4v) is 6.45. The molecule has 0 aliphatic heterocycles. The van der Waals surface area contributed by atoms with E-state index in [1.54, 1.807) is 6.07 Å². The molecule has 1 aliphatic rings. The summed E-state index contributed by atoms with van der Waals surface area (Å²) in [5, 5.41) is 0. The first-order valence-electron chi connectivity index (χ1n) is 5.99. The van der Waals surface area contributed by atoms with Crippen LogP contribution in [0.3, 0.4) is 0 Å². The van der Waals surface area contributed by atoms with Gasteiger partial charge in [-0.05, 0) is 61.9 Å². The zero-order valence-corrected chi connectivity index (χ0v) is 15.1. The van der Waals surface area contributed by atoms with Crippen LogP contribution in [-0.2, 0) is 22.9 Å². The van der Waals surface area contributed by atoms with Crippen LogP contribution in [0.5, 0.6) is 0 Å². The van der Waals surface area contributed by atoms with Crippen molar-refractivity contribution in [1.82, 2.24) is 4.72 Å². The smallest absolute Gasteiger partial charge is 0.207 e. The van der Waals surface area contributed by atoms with Gasteiger partial charge in [0.1, 0.15) is 4.21 Å². The molecule has 3 nitrogen and oxygen atoms in total. The number of hydrogen-bond donors (Lipinski definition) is 1. The second-order valence-electron chi connectivity index (χ2n) is 4.68. The van der Waals surface area contributed by atoms with Crippen molar-refractivity contribution in [2.24, 2.45) is 0 Å². The maximum Gasteiger partial charge on any atom is 0.250 e. The number of rotatable bonds is 3. The average Bonchev–Trinajstić information content (AvgIpc) is 2.93. The van der Waals surface area contributed by atoms with Crippen molar-refractivity contribution >= 4 is 53.2 Å². The number of benzene rings is 1. The molecule has 1 N–H and O–H groups in total. The van der Waals surface area contributed by atoms with E-state index in [0.717, 1.165) is 21.1 Å². The lowest BCUT2D eigenvalue weighted by atomic mass is 10.1. The fraction of sp³-hybridized carbons (Fsp3) is 0.231. The van der Waals surface area contributed by atoms with Crippen LogP contribution in [0, 0.1) is 0 Å². The van der Waals surface area contributed by atoms with E-state index < -0.39 is 10.0 Å². The van der Waals surface area contributed by atoms with E-state index in [1.807, 2.05) is 12.1 Å². The lowest BCUT2D eigenvalue weighted by Crippen LogP contribution is -2.34. The van der Waals surface area contributed by atoms with Gasteiger partial charge in [0.15, 0.2) is 0 Å². The van der Waals surface area contributed by atoms with Crippen molar-refractivity contribution in [2.45, 2.75) is 23.1 Å². The highest BCUT2D eigenvalue weighted by Crippen LogP contribution is 2.35. The zero-order chi connectivity index (χ0) is 14.3. The summed E-state index contributed by atoms with van der Waals surface area (Å²) in [5.74, 6) is 0. The van der Waals surface area contributed by atoms with Gasteiger partial charge in [-0.1, -0.05) is 24.3 Å². The highest BCUT2D eigenvalue weighted by atomic mass is 79.9. The van der Waals surface area contributed by atoms with Crippen LogP contribution in [0.1, 0.15) is 11.1 Å². The number of thiophene rings is 1. The SMILES string of the molecule is O=S(=O)(NC1Cc2ccccc2C1)c1cc(Br)c(Br)s1. The van der Waals surface area contributed by atoms with Gasteiger partial charge in [0, 0.05) is 10.5 Å². The van der Waals surface area contributed by atoms with Crippen LogP contribution < -0.4 is 4.72 Å². The molecule has 0 fully saturated rings. The maximum absolute atomic E-state index is 12.4. The summed E-state index contributed by atoms with van der Waals surface area (Å²) in [6, 6.07) is 9.66. The quantitative estimate of drug-likeness (QED) is 0.796. The molecule has 0 bridgehead atoms. The second-order valence-corrected chi connectivity index (χ2v) is 9.85. The Morgan fingerprint density at radius 1 is 1.15 bits per heavy atom. The molecular formula is C13H11Br2NO2S2. The van der Waals surface area contributed by atoms with E-state index in [9.17, 15) is 8.42 Å². The lowest BCUT2D eigenvalue weighted by molar-refractivity contribution is 0.557. The van der Waals surface area contributed by atoms with E-state index in [4.69, 9.17) is 0 Å². The van der Waals surface area contributed by atoms with Crippen LogP contribution in [0.2, 0.25) is 0 Å². The maximum atomic E-state index is 12.4. The summed E-state index contributed by atoms with van der Waals surface area (Å²) in [4.78, 5) is 0. The number of fused-ring (bicyclic) bond motifs is 1. The lowest BCUT2D eigenvalue weighted by Gasteiger charge is -2.11. The molecule has 0 radical (unpaired) electrons. The van der Waals surface area contributed by atoms with Crippen molar-refractivity contribution in [2.75, 3.05) is 0 Å². The first kappa shape index (κ1) is 14.7. The van der Waals surface area contributed by atoms with Crippen LogP contribution in [0.4, 0.5) is 0 Å². The summed E-state index contributed by atoms with van der Waals surface area (Å²) in [6.45, 7) is 0. The van der Waals surface area contributed by atoms with Crippen molar-refractivity contribution < 1.29 is 8.42 Å². The van der Waals surface area contributed by atoms with E-state index in [2.05, 4.69) is 48.7 Å². The predicted molar refractivity (Wildman–Crippen MR) is 87.7 cm³/mol. The number of halogens is 2. The molecule has 3 rings (SSSR count). The van der Waals surface area contributed by atoms with E-state index in [1.165, 1.54) is 22.5 Å². The van der Waals surface area contributed by atoms with Gasteiger partial charge >= 0.3 is 0 Å². The first-order chi connectivity index (χ1) is 9.45. The average molecular weight is 437 g/mol. The van der Waals surface area contributed by atoms with Gasteiger partial charge in [-0.15, -0.1) is 11.3 Å². The molecule has 20 heavy (non-hydrogen) atoms. The monoisotopic (exact) mass is 435 g/mol. The highest BCUT2D eigenvalue weighted by molar-refractivity contribution is 9.13. The largest absolute Gasteiger partial charge is 0.250 e. The number of nitrogens with one attached hydrogen (secondary N) is 1. The minimum Gasteiger partial charge on any atom is -0.207 e. The van der Waals surface area contributed by atoms with Crippen molar-refractivity contribution in [3.63, 3.8) is 0 Å². The Labute approximate surface area is 138 Å². The van der Waals surface area contributed by atoms with Gasteiger partial charge in [-0.3, -0.25) is 0 Å². The molecule has 1 aliphatic carbocycles. The van der Waals surface area contributed by atoms with Gasteiger partial charge in [-0.25, -0.2) is 13.1 Å². The minimum absolute atomic E-state index is 0.0583. The summed E-state index contributed by atoms with van der Waals surface area (Å²) in [5.41, 5.74) is 2.46. The van der Waals surface area contributed by atoms with Crippen molar-refractivity contribution in [1.29, 1.82) is 0 Å². The molecule has 0 amide bonds. The molecule has 7 heteroatoms. The highest BCUT2D eigenvalue weighted by Gasteiger charge is 2.27. The summed E-state index contributed by atoms with van der Waals surface area (Å²) >= 11 is 7.85. The van der Waals surface area contributed by atoms with Gasteiger partial charge in [-0.2, -0.15) is 0 Å². The van der Waals surface area contributed by atoms with Gasteiger partial charge < -0.3 is 0 Å². The van der Waals surface area contributed by atoms with E-state index in [-0.39, 0.29) is 6.04 Å². The molecular weight excluding hydrogens is 426 g/mol. The molecule has 0 saturated carbocycles. The third-order valence-corrected chi connectivity index (χ3v) is 8.51. The summed E-state index contributed by atoms with van der Waals surface area (Å²) < 4.78 is 29.4. The minimum atomic E-state index is -3.45. The Bertz CT molecular complexity index is 711. The molecule has 1 aromatic heterocycles. The van der Waals surface area contributed by atoms with Crippen LogP contribution in [-0.4, -0.2) is 14.5 Å². The third-order valence-electron chi connectivity index (χ3n) is 3.26. The Kier molecular flexibility index (Phi) is 4.07. The zero-order valence-electron chi connectivity index (χ0n) is 10.3. The Balaban J connectivity index is 1.79. The van der Waals surface area contributed by atoms with Crippen LogP contribution in [0.25, 0.3) is 0 Å². The van der Waals surface area contributed by atoms with Crippen molar-refractivity contribution in [3.05, 3.63) is 49.7 Å². The van der Waals surface area contributed by atoms with Gasteiger partial charge in [0.2, 0.25) is 10.0 Å².